The number of ether oxygens (including phenoxy) is 1. The van der Waals surface area contributed by atoms with Crippen LogP contribution < -0.4 is 10.1 Å². The van der Waals surface area contributed by atoms with Crippen LogP contribution in [0.3, 0.4) is 0 Å². The molecule has 0 spiro atoms. The molecule has 106 valence electrons. The lowest BCUT2D eigenvalue weighted by atomic mass is 10.2. The third kappa shape index (κ3) is 2.63. The molecule has 0 aliphatic heterocycles. The number of aromatic nitrogens is 4. The molecule has 21 heavy (non-hydrogen) atoms. The number of hydrogen-bond donors (Lipinski definition) is 2. The summed E-state index contributed by atoms with van der Waals surface area (Å²) in [5.41, 5.74) is 0.833. The third-order valence-electron chi connectivity index (χ3n) is 2.78. The van der Waals surface area contributed by atoms with Gasteiger partial charge in [0, 0.05) is 5.39 Å². The molecule has 0 atom stereocenters. The van der Waals surface area contributed by atoms with E-state index in [0.29, 0.717) is 10.5 Å². The highest BCUT2D eigenvalue weighted by Crippen LogP contribution is 2.23. The number of pyridine rings is 1. The van der Waals surface area contributed by atoms with Crippen molar-refractivity contribution in [3.05, 3.63) is 41.0 Å². The summed E-state index contributed by atoms with van der Waals surface area (Å²) in [7, 11) is 1.43. The Morgan fingerprint density at radius 2 is 2.14 bits per heavy atom. The molecule has 8 heteroatoms. The first-order valence-electron chi connectivity index (χ1n) is 6.00. The predicted molar refractivity (Wildman–Crippen MR) is 77.6 cm³/mol. The molecule has 0 saturated heterocycles. The number of benzene rings is 1. The number of H-pyrrole nitrogens is 1. The van der Waals surface area contributed by atoms with Gasteiger partial charge in [0.1, 0.15) is 5.69 Å². The maximum absolute atomic E-state index is 12.1. The number of hydrogen-bond acceptors (Lipinski definition) is 5. The summed E-state index contributed by atoms with van der Waals surface area (Å²) in [4.78, 5) is 20.3. The summed E-state index contributed by atoms with van der Waals surface area (Å²) in [6.45, 7) is 0. The molecule has 2 heterocycles. The second kappa shape index (κ2) is 5.37. The van der Waals surface area contributed by atoms with Gasteiger partial charge in [-0.15, -0.1) is 5.10 Å². The molecular weight excluding hydrogens is 294 g/mol. The Labute approximate surface area is 124 Å². The third-order valence-corrected chi connectivity index (χ3v) is 3.09. The molecule has 2 aromatic heterocycles. The molecule has 2 N–H and O–H groups in total. The van der Waals surface area contributed by atoms with Crippen LogP contribution in [0.15, 0.2) is 30.3 Å². The Morgan fingerprint density at radius 3 is 2.90 bits per heavy atom. The van der Waals surface area contributed by atoms with Gasteiger partial charge >= 0.3 is 6.01 Å². The summed E-state index contributed by atoms with van der Waals surface area (Å²) in [5.74, 6) is -0.274. The first-order valence-corrected chi connectivity index (χ1v) is 6.38. The van der Waals surface area contributed by atoms with Gasteiger partial charge in [0.15, 0.2) is 0 Å². The maximum atomic E-state index is 12.1. The Hall–Kier alpha value is -2.67. The lowest BCUT2D eigenvalue weighted by Crippen LogP contribution is -2.14. The quantitative estimate of drug-likeness (QED) is 0.774. The second-order valence-corrected chi connectivity index (χ2v) is 4.54. The predicted octanol–water partition coefficient (Wildman–Crippen LogP) is 2.27. The highest BCUT2D eigenvalue weighted by Gasteiger charge is 2.13. The number of carbonyl (C=O) groups is 1. The van der Waals surface area contributed by atoms with Crippen molar-refractivity contribution in [1.29, 1.82) is 0 Å². The summed E-state index contributed by atoms with van der Waals surface area (Å²) in [6.07, 6.45) is 0. The maximum Gasteiger partial charge on any atom is 0.336 e. The molecule has 7 nitrogen and oxygen atoms in total. The number of methoxy groups -OCH3 is 1. The Morgan fingerprint density at radius 1 is 1.33 bits per heavy atom. The van der Waals surface area contributed by atoms with Gasteiger partial charge in [-0.1, -0.05) is 29.8 Å². The van der Waals surface area contributed by atoms with E-state index in [4.69, 9.17) is 16.3 Å². The fourth-order valence-corrected chi connectivity index (χ4v) is 2.08. The Bertz CT molecular complexity index is 817. The van der Waals surface area contributed by atoms with Gasteiger partial charge in [0.05, 0.1) is 17.6 Å². The van der Waals surface area contributed by atoms with Crippen molar-refractivity contribution in [1.82, 2.24) is 20.2 Å². The molecular formula is C13H10ClN5O2. The van der Waals surface area contributed by atoms with Crippen LogP contribution in [0.5, 0.6) is 6.01 Å². The minimum Gasteiger partial charge on any atom is -0.466 e. The Balaban J connectivity index is 1.90. The van der Waals surface area contributed by atoms with Gasteiger partial charge < -0.3 is 4.74 Å². The molecule has 0 saturated carbocycles. The number of rotatable bonds is 3. The largest absolute Gasteiger partial charge is 0.466 e. The molecule has 1 amide bonds. The highest BCUT2D eigenvalue weighted by molar-refractivity contribution is 6.35. The zero-order chi connectivity index (χ0) is 14.8. The number of aromatic amines is 1. The van der Waals surface area contributed by atoms with Gasteiger partial charge in [-0.2, -0.15) is 4.98 Å². The fourth-order valence-electron chi connectivity index (χ4n) is 1.81. The lowest BCUT2D eigenvalue weighted by Gasteiger charge is -2.04. The molecule has 0 radical (unpaired) electrons. The number of amides is 1. The molecule has 3 rings (SSSR count). The van der Waals surface area contributed by atoms with Gasteiger partial charge in [0.25, 0.3) is 5.91 Å². The van der Waals surface area contributed by atoms with Crippen LogP contribution >= 0.6 is 11.6 Å². The van der Waals surface area contributed by atoms with Gasteiger partial charge in [-0.05, 0) is 12.1 Å². The number of para-hydroxylation sites is 1. The van der Waals surface area contributed by atoms with Crippen molar-refractivity contribution in [2.75, 3.05) is 12.4 Å². The zero-order valence-corrected chi connectivity index (χ0v) is 11.7. The smallest absolute Gasteiger partial charge is 0.336 e. The van der Waals surface area contributed by atoms with Gasteiger partial charge in [-0.25, -0.2) is 10.1 Å². The van der Waals surface area contributed by atoms with E-state index in [0.717, 1.165) is 5.39 Å². The van der Waals surface area contributed by atoms with Crippen molar-refractivity contribution in [3.8, 4) is 6.01 Å². The van der Waals surface area contributed by atoms with Crippen molar-refractivity contribution < 1.29 is 9.53 Å². The summed E-state index contributed by atoms with van der Waals surface area (Å²) in [5, 5.41) is 10.0. The average Bonchev–Trinajstić information content (AvgIpc) is 2.95. The lowest BCUT2D eigenvalue weighted by molar-refractivity contribution is 0.102. The SMILES string of the molecule is COc1n[nH]c(NC(=O)c2cc(Cl)c3ccccc3n2)n1. The molecule has 1 aromatic carbocycles. The van der Waals surface area contributed by atoms with Crippen molar-refractivity contribution in [3.63, 3.8) is 0 Å². The number of nitrogens with zero attached hydrogens (tertiary/aromatic N) is 3. The zero-order valence-electron chi connectivity index (χ0n) is 10.9. The monoisotopic (exact) mass is 303 g/mol. The van der Waals surface area contributed by atoms with Crippen LogP contribution in [0.25, 0.3) is 10.9 Å². The van der Waals surface area contributed by atoms with E-state index in [-0.39, 0.29) is 17.7 Å². The van der Waals surface area contributed by atoms with Crippen molar-refractivity contribution in [2.45, 2.75) is 0 Å². The van der Waals surface area contributed by atoms with Crippen molar-refractivity contribution >= 4 is 34.4 Å². The van der Waals surface area contributed by atoms with Crippen LogP contribution in [0.1, 0.15) is 10.5 Å². The molecule has 3 aromatic rings. The van der Waals surface area contributed by atoms with Crippen molar-refractivity contribution in [2.24, 2.45) is 0 Å². The van der Waals surface area contributed by atoms with E-state index < -0.39 is 5.91 Å². The second-order valence-electron chi connectivity index (χ2n) is 4.13. The summed E-state index contributed by atoms with van der Waals surface area (Å²) < 4.78 is 4.82. The fraction of sp³-hybridized carbons (Fsp3) is 0.0769. The van der Waals surface area contributed by atoms with E-state index in [1.54, 1.807) is 6.07 Å². The number of nitrogens with one attached hydrogen (secondary N) is 2. The summed E-state index contributed by atoms with van der Waals surface area (Å²) in [6, 6.07) is 8.95. The molecule has 0 aliphatic rings. The molecule has 0 bridgehead atoms. The van der Waals surface area contributed by atoms with Gasteiger partial charge in [0.2, 0.25) is 5.95 Å². The normalized spacial score (nSPS) is 10.6. The van der Waals surface area contributed by atoms with E-state index in [9.17, 15) is 4.79 Å². The van der Waals surface area contributed by atoms with E-state index >= 15 is 0 Å². The van der Waals surface area contributed by atoms with E-state index in [1.807, 2.05) is 18.2 Å². The summed E-state index contributed by atoms with van der Waals surface area (Å²) >= 11 is 6.16. The molecule has 0 fully saturated rings. The topological polar surface area (TPSA) is 92.8 Å². The number of carbonyl (C=O) groups excluding carboxylic acids is 1. The molecule has 0 unspecified atom stereocenters. The van der Waals surface area contributed by atoms with Crippen LogP contribution in [0, 0.1) is 0 Å². The van der Waals surface area contributed by atoms with Crippen LogP contribution in [-0.4, -0.2) is 33.2 Å². The number of halogens is 1. The first kappa shape index (κ1) is 13.3. The standard InChI is InChI=1S/C13H10ClN5O2/c1-21-13-17-12(18-19-13)16-11(20)10-6-8(14)7-4-2-3-5-9(7)15-10/h2-6H,1H3,(H2,16,17,18,19,20). The number of fused-ring (bicyclic) bond motifs is 1. The number of anilines is 1. The molecule has 0 aliphatic carbocycles. The minimum atomic E-state index is -0.443. The first-order chi connectivity index (χ1) is 10.2. The van der Waals surface area contributed by atoms with Crippen LogP contribution in [-0.2, 0) is 0 Å². The van der Waals surface area contributed by atoms with E-state index in [1.165, 1.54) is 13.2 Å². The van der Waals surface area contributed by atoms with Crippen LogP contribution in [0.2, 0.25) is 5.02 Å². The van der Waals surface area contributed by atoms with E-state index in [2.05, 4.69) is 25.5 Å². The minimum absolute atomic E-state index is 0.134. The Kier molecular flexibility index (Phi) is 3.41. The van der Waals surface area contributed by atoms with Gasteiger partial charge in [-0.3, -0.25) is 10.1 Å². The highest BCUT2D eigenvalue weighted by atomic mass is 35.5. The average molecular weight is 304 g/mol. The van der Waals surface area contributed by atoms with Crippen LogP contribution in [0.4, 0.5) is 5.95 Å².